The number of ether oxygens (including phenoxy) is 1. The Morgan fingerprint density at radius 1 is 1.03 bits per heavy atom. The molecule has 1 aromatic heterocycles. The predicted molar refractivity (Wildman–Crippen MR) is 121 cm³/mol. The van der Waals surface area contributed by atoms with Crippen LogP contribution in [-0.4, -0.2) is 48.4 Å². The van der Waals surface area contributed by atoms with Crippen molar-refractivity contribution < 1.29 is 17.9 Å². The van der Waals surface area contributed by atoms with Gasteiger partial charge in [-0.05, 0) is 45.3 Å². The highest BCUT2D eigenvalue weighted by atomic mass is 35.5. The van der Waals surface area contributed by atoms with Crippen molar-refractivity contribution in [3.63, 3.8) is 0 Å². The van der Waals surface area contributed by atoms with Crippen molar-refractivity contribution in [3.8, 4) is 17.0 Å². The van der Waals surface area contributed by atoms with Gasteiger partial charge in [-0.25, -0.2) is 4.98 Å². The first-order valence-corrected chi connectivity index (χ1v) is 10.2. The third-order valence-electron chi connectivity index (χ3n) is 4.29. The summed E-state index contributed by atoms with van der Waals surface area (Å²) in [6, 6.07) is 15.3. The van der Waals surface area contributed by atoms with E-state index in [1.807, 2.05) is 44.4 Å². The Morgan fingerprint density at radius 2 is 1.78 bits per heavy atom. The first-order valence-electron chi connectivity index (χ1n) is 9.85. The first kappa shape index (κ1) is 23.6. The highest BCUT2D eigenvalue weighted by molar-refractivity contribution is 6.32. The van der Waals surface area contributed by atoms with Crippen LogP contribution < -0.4 is 15.4 Å². The van der Waals surface area contributed by atoms with E-state index in [1.54, 1.807) is 6.07 Å². The molecule has 3 rings (SSSR count). The number of halogens is 4. The zero-order valence-corrected chi connectivity index (χ0v) is 18.3. The van der Waals surface area contributed by atoms with E-state index in [1.165, 1.54) is 12.1 Å². The van der Waals surface area contributed by atoms with E-state index in [9.17, 15) is 13.2 Å². The molecule has 170 valence electrons. The zero-order valence-electron chi connectivity index (χ0n) is 17.6. The summed E-state index contributed by atoms with van der Waals surface area (Å²) in [6.07, 6.45) is -3.91. The molecule has 0 unspecified atom stereocenters. The van der Waals surface area contributed by atoms with Crippen molar-refractivity contribution in [1.29, 1.82) is 0 Å². The maximum Gasteiger partial charge on any atom is 0.573 e. The lowest BCUT2D eigenvalue weighted by molar-refractivity contribution is -0.274. The average molecular weight is 466 g/mol. The Kier molecular flexibility index (Phi) is 7.76. The molecule has 6 nitrogen and oxygen atoms in total. The normalized spacial score (nSPS) is 11.5. The molecule has 0 spiro atoms. The van der Waals surface area contributed by atoms with E-state index >= 15 is 0 Å². The van der Waals surface area contributed by atoms with E-state index in [4.69, 9.17) is 11.6 Å². The Labute approximate surface area is 189 Å². The van der Waals surface area contributed by atoms with Crippen LogP contribution in [0.3, 0.4) is 0 Å². The summed E-state index contributed by atoms with van der Waals surface area (Å²) in [5, 5.41) is 6.12. The van der Waals surface area contributed by atoms with E-state index in [-0.39, 0.29) is 5.02 Å². The number of benzene rings is 2. The van der Waals surface area contributed by atoms with Gasteiger partial charge < -0.3 is 20.3 Å². The van der Waals surface area contributed by atoms with Gasteiger partial charge in [-0.15, -0.1) is 13.2 Å². The summed E-state index contributed by atoms with van der Waals surface area (Å²) in [5.41, 5.74) is 2.06. The molecule has 0 fully saturated rings. The summed E-state index contributed by atoms with van der Waals surface area (Å²) in [4.78, 5) is 11.2. The van der Waals surface area contributed by atoms with Crippen LogP contribution >= 0.6 is 11.6 Å². The number of nitrogens with one attached hydrogen (secondary N) is 2. The van der Waals surface area contributed by atoms with Gasteiger partial charge in [-0.3, -0.25) is 0 Å². The van der Waals surface area contributed by atoms with Crippen LogP contribution in [0.2, 0.25) is 5.02 Å². The van der Waals surface area contributed by atoms with Crippen molar-refractivity contribution in [2.45, 2.75) is 12.8 Å². The Bertz CT molecular complexity index is 1030. The van der Waals surface area contributed by atoms with Crippen molar-refractivity contribution in [3.05, 3.63) is 59.6 Å². The summed E-state index contributed by atoms with van der Waals surface area (Å²) in [6.45, 7) is 1.60. The van der Waals surface area contributed by atoms with Crippen LogP contribution in [0.1, 0.15) is 6.42 Å². The maximum absolute atomic E-state index is 12.5. The average Bonchev–Trinajstić information content (AvgIpc) is 2.73. The predicted octanol–water partition coefficient (Wildman–Crippen LogP) is 5.80. The van der Waals surface area contributed by atoms with Gasteiger partial charge in [0.1, 0.15) is 11.6 Å². The second-order valence-corrected chi connectivity index (χ2v) is 7.64. The fourth-order valence-electron chi connectivity index (χ4n) is 2.88. The standard InChI is InChI=1S/C22H23ClF3N5O/c1-31(2)12-6-11-27-21-29-18(15-7-4-3-5-8-15)14-20(30-21)28-16-9-10-19(17(23)13-16)32-22(24,25)26/h3-5,7-10,13-14H,6,11-12H2,1-2H3,(H2,27,28,29,30). The first-order chi connectivity index (χ1) is 15.2. The molecule has 0 amide bonds. The van der Waals surface area contributed by atoms with E-state index in [0.29, 0.717) is 29.7 Å². The Hall–Kier alpha value is -3.04. The van der Waals surface area contributed by atoms with Crippen molar-refractivity contribution >= 4 is 29.1 Å². The van der Waals surface area contributed by atoms with Crippen LogP contribution in [-0.2, 0) is 0 Å². The topological polar surface area (TPSA) is 62.3 Å². The number of hydrogen-bond donors (Lipinski definition) is 2. The fraction of sp³-hybridized carbons (Fsp3) is 0.273. The number of anilines is 3. The Morgan fingerprint density at radius 3 is 2.44 bits per heavy atom. The van der Waals surface area contributed by atoms with Gasteiger partial charge >= 0.3 is 6.36 Å². The maximum atomic E-state index is 12.5. The van der Waals surface area contributed by atoms with Crippen LogP contribution in [0.5, 0.6) is 5.75 Å². The van der Waals surface area contributed by atoms with E-state index in [0.717, 1.165) is 24.6 Å². The molecule has 0 radical (unpaired) electrons. The summed E-state index contributed by atoms with van der Waals surface area (Å²) < 4.78 is 41.3. The SMILES string of the molecule is CN(C)CCCNc1nc(Nc2ccc(OC(F)(F)F)c(Cl)c2)cc(-c2ccccc2)n1. The van der Waals surface area contributed by atoms with Gasteiger partial charge in [0, 0.05) is 23.9 Å². The summed E-state index contributed by atoms with van der Waals surface area (Å²) in [7, 11) is 4.01. The highest BCUT2D eigenvalue weighted by Crippen LogP contribution is 2.33. The molecular weight excluding hydrogens is 443 g/mol. The van der Waals surface area contributed by atoms with Gasteiger partial charge in [0.2, 0.25) is 5.95 Å². The number of alkyl halides is 3. The molecule has 0 aliphatic heterocycles. The molecule has 2 aromatic carbocycles. The summed E-state index contributed by atoms with van der Waals surface area (Å²) >= 11 is 5.96. The molecule has 0 aliphatic rings. The molecule has 10 heteroatoms. The van der Waals surface area contributed by atoms with Crippen LogP contribution in [0, 0.1) is 0 Å². The number of aromatic nitrogens is 2. The highest BCUT2D eigenvalue weighted by Gasteiger charge is 2.32. The molecule has 0 aliphatic carbocycles. The lowest BCUT2D eigenvalue weighted by Gasteiger charge is -2.14. The van der Waals surface area contributed by atoms with Crippen LogP contribution in [0.4, 0.5) is 30.6 Å². The van der Waals surface area contributed by atoms with Crippen molar-refractivity contribution in [1.82, 2.24) is 14.9 Å². The third kappa shape index (κ3) is 7.28. The second kappa shape index (κ2) is 10.5. The van der Waals surface area contributed by atoms with Gasteiger partial charge in [0.05, 0.1) is 10.7 Å². The molecule has 0 saturated heterocycles. The molecule has 0 bridgehead atoms. The fourth-order valence-corrected chi connectivity index (χ4v) is 3.10. The lowest BCUT2D eigenvalue weighted by atomic mass is 10.1. The van der Waals surface area contributed by atoms with E-state index < -0.39 is 12.1 Å². The smallest absolute Gasteiger partial charge is 0.404 e. The Balaban J connectivity index is 1.83. The molecule has 3 aromatic rings. The molecule has 1 heterocycles. The molecule has 32 heavy (non-hydrogen) atoms. The number of hydrogen-bond acceptors (Lipinski definition) is 6. The zero-order chi connectivity index (χ0) is 23.1. The van der Waals surface area contributed by atoms with Crippen molar-refractivity contribution in [2.75, 3.05) is 37.8 Å². The molecular formula is C22H23ClF3N5O. The monoisotopic (exact) mass is 465 g/mol. The van der Waals surface area contributed by atoms with Crippen LogP contribution in [0.15, 0.2) is 54.6 Å². The molecule has 2 N–H and O–H groups in total. The minimum atomic E-state index is -4.82. The third-order valence-corrected chi connectivity index (χ3v) is 4.59. The summed E-state index contributed by atoms with van der Waals surface area (Å²) in [5.74, 6) is 0.436. The van der Waals surface area contributed by atoms with Crippen molar-refractivity contribution in [2.24, 2.45) is 0 Å². The van der Waals surface area contributed by atoms with Gasteiger partial charge in [-0.1, -0.05) is 41.9 Å². The second-order valence-electron chi connectivity index (χ2n) is 7.23. The van der Waals surface area contributed by atoms with E-state index in [2.05, 4.69) is 30.2 Å². The number of nitrogens with zero attached hydrogens (tertiary/aromatic N) is 3. The molecule has 0 saturated carbocycles. The minimum Gasteiger partial charge on any atom is -0.404 e. The minimum absolute atomic E-state index is 0.174. The molecule has 0 atom stereocenters. The lowest BCUT2D eigenvalue weighted by Crippen LogP contribution is -2.17. The van der Waals surface area contributed by atoms with Gasteiger partial charge in [0.25, 0.3) is 0 Å². The largest absolute Gasteiger partial charge is 0.573 e. The van der Waals surface area contributed by atoms with Crippen LogP contribution in [0.25, 0.3) is 11.3 Å². The van der Waals surface area contributed by atoms with Gasteiger partial charge in [-0.2, -0.15) is 4.98 Å². The quantitative estimate of drug-likeness (QED) is 0.389. The van der Waals surface area contributed by atoms with Gasteiger partial charge in [0.15, 0.2) is 0 Å². The number of rotatable bonds is 9.